The third-order valence-corrected chi connectivity index (χ3v) is 8.03. The van der Waals surface area contributed by atoms with E-state index >= 15 is 0 Å². The highest BCUT2D eigenvalue weighted by Crippen LogP contribution is 2.44. The van der Waals surface area contributed by atoms with Gasteiger partial charge in [-0.1, -0.05) is 92.7 Å². The molecule has 3 N–H and O–H groups in total. The summed E-state index contributed by atoms with van der Waals surface area (Å²) in [6.45, 7) is 5.35. The molecule has 1 saturated heterocycles. The number of carbonyl (C=O) groups excluding carboxylic acids is 2. The van der Waals surface area contributed by atoms with E-state index in [4.69, 9.17) is 4.74 Å². The number of likely N-dealkylation sites (tertiary alicyclic amines) is 1. The van der Waals surface area contributed by atoms with E-state index in [1.165, 1.54) is 0 Å². The lowest BCUT2D eigenvalue weighted by molar-refractivity contribution is -0.143. The summed E-state index contributed by atoms with van der Waals surface area (Å²) < 4.78 is 5.78. The molecule has 0 radical (unpaired) electrons. The van der Waals surface area contributed by atoms with Crippen LogP contribution in [0.2, 0.25) is 0 Å². The fourth-order valence-corrected chi connectivity index (χ4v) is 6.03. The number of rotatable bonds is 10. The number of amides is 2. The third-order valence-electron chi connectivity index (χ3n) is 8.03. The summed E-state index contributed by atoms with van der Waals surface area (Å²) in [5.41, 5.74) is 4.23. The summed E-state index contributed by atoms with van der Waals surface area (Å²) in [7, 11) is 0. The lowest BCUT2D eigenvalue weighted by atomic mass is 9.95. The van der Waals surface area contributed by atoms with Gasteiger partial charge in [-0.2, -0.15) is 0 Å². The van der Waals surface area contributed by atoms with Crippen molar-refractivity contribution < 1.29 is 24.2 Å². The van der Waals surface area contributed by atoms with Gasteiger partial charge in [0.25, 0.3) is 0 Å². The first kappa shape index (κ1) is 28.4. The maximum Gasteiger partial charge on any atom is 0.408 e. The van der Waals surface area contributed by atoms with E-state index in [0.717, 1.165) is 27.8 Å². The molecule has 1 heterocycles. The first-order valence-corrected chi connectivity index (χ1v) is 14.2. The molecule has 8 nitrogen and oxygen atoms in total. The van der Waals surface area contributed by atoms with Gasteiger partial charge < -0.3 is 20.5 Å². The molecule has 1 fully saturated rings. The van der Waals surface area contributed by atoms with Crippen LogP contribution in [0.15, 0.2) is 78.9 Å². The van der Waals surface area contributed by atoms with E-state index in [0.29, 0.717) is 19.5 Å². The number of carbonyl (C=O) groups is 3. The van der Waals surface area contributed by atoms with Gasteiger partial charge >= 0.3 is 12.1 Å². The molecule has 0 aromatic heterocycles. The van der Waals surface area contributed by atoms with E-state index in [2.05, 4.69) is 39.8 Å². The van der Waals surface area contributed by atoms with Crippen molar-refractivity contribution in [3.05, 3.63) is 95.6 Å². The number of carboxylic acid groups (broad SMARTS) is 1. The van der Waals surface area contributed by atoms with Crippen molar-refractivity contribution in [2.24, 2.45) is 5.92 Å². The minimum atomic E-state index is -1.32. The average molecular weight is 556 g/mol. The summed E-state index contributed by atoms with van der Waals surface area (Å²) in [6, 6.07) is 25.1. The number of ether oxygens (including phenoxy) is 1. The van der Waals surface area contributed by atoms with Crippen LogP contribution in [0.3, 0.4) is 0 Å². The van der Waals surface area contributed by atoms with Crippen LogP contribution < -0.4 is 10.6 Å². The Morgan fingerprint density at radius 1 is 0.951 bits per heavy atom. The maximum absolute atomic E-state index is 13.7. The molecular weight excluding hydrogens is 518 g/mol. The van der Waals surface area contributed by atoms with Gasteiger partial charge in [0.05, 0.1) is 0 Å². The van der Waals surface area contributed by atoms with Crippen molar-refractivity contribution in [2.45, 2.75) is 50.7 Å². The monoisotopic (exact) mass is 555 g/mol. The van der Waals surface area contributed by atoms with Gasteiger partial charge in [0, 0.05) is 25.6 Å². The second-order valence-electron chi connectivity index (χ2n) is 11.5. The van der Waals surface area contributed by atoms with Gasteiger partial charge in [-0.3, -0.25) is 9.69 Å². The van der Waals surface area contributed by atoms with E-state index < -0.39 is 29.6 Å². The minimum absolute atomic E-state index is 0.0700. The van der Waals surface area contributed by atoms with Crippen molar-refractivity contribution in [3.63, 3.8) is 0 Å². The Balaban J connectivity index is 1.32. The fourth-order valence-electron chi connectivity index (χ4n) is 6.03. The predicted octanol–water partition coefficient (Wildman–Crippen LogP) is 4.79. The number of alkyl carbamates (subject to hydrolysis) is 1. The number of fused-ring (bicyclic) bond motifs is 3. The third kappa shape index (κ3) is 6.28. The summed E-state index contributed by atoms with van der Waals surface area (Å²) in [5.74, 6) is -1.64. The highest BCUT2D eigenvalue weighted by atomic mass is 16.5. The number of carboxylic acids is 1. The van der Waals surface area contributed by atoms with Crippen LogP contribution in [0.5, 0.6) is 0 Å². The van der Waals surface area contributed by atoms with E-state index in [1.807, 2.05) is 68.4 Å². The van der Waals surface area contributed by atoms with Gasteiger partial charge in [-0.25, -0.2) is 9.59 Å². The summed E-state index contributed by atoms with van der Waals surface area (Å²) in [6.07, 6.45) is -0.0704. The molecule has 2 amide bonds. The molecular formula is C33H37N3O5. The van der Waals surface area contributed by atoms with Crippen LogP contribution in [-0.4, -0.2) is 59.3 Å². The van der Waals surface area contributed by atoms with Crippen LogP contribution in [0.4, 0.5) is 4.79 Å². The van der Waals surface area contributed by atoms with Crippen molar-refractivity contribution in [3.8, 4) is 11.1 Å². The highest BCUT2D eigenvalue weighted by molar-refractivity contribution is 5.93. The summed E-state index contributed by atoms with van der Waals surface area (Å²) in [5, 5.41) is 15.3. The van der Waals surface area contributed by atoms with Crippen LogP contribution in [0.25, 0.3) is 11.1 Å². The number of benzene rings is 3. The molecule has 1 aliphatic carbocycles. The molecule has 1 unspecified atom stereocenters. The fraction of sp³-hybridized carbons (Fsp3) is 0.364. The smallest absolute Gasteiger partial charge is 0.408 e. The Morgan fingerprint density at radius 2 is 1.56 bits per heavy atom. The van der Waals surface area contributed by atoms with Gasteiger partial charge in [-0.15, -0.1) is 0 Å². The molecule has 2 aliphatic rings. The summed E-state index contributed by atoms with van der Waals surface area (Å²) >= 11 is 0. The van der Waals surface area contributed by atoms with Crippen LogP contribution in [-0.2, 0) is 20.9 Å². The zero-order chi connectivity index (χ0) is 29.0. The SMILES string of the molecule is CC(C)C[C@@H](NC(=O)C1(NC(=O)OCC2c3ccccc3-c3ccccc32)CCN(Cc2ccccc2)C1)C(=O)O. The van der Waals surface area contributed by atoms with Crippen LogP contribution in [0.1, 0.15) is 49.3 Å². The van der Waals surface area contributed by atoms with Crippen molar-refractivity contribution in [1.82, 2.24) is 15.5 Å². The first-order valence-electron chi connectivity index (χ1n) is 14.2. The molecule has 5 rings (SSSR count). The predicted molar refractivity (Wildman–Crippen MR) is 156 cm³/mol. The van der Waals surface area contributed by atoms with Gasteiger partial charge in [0.15, 0.2) is 0 Å². The van der Waals surface area contributed by atoms with Gasteiger partial charge in [0.1, 0.15) is 18.2 Å². The van der Waals surface area contributed by atoms with Crippen LogP contribution >= 0.6 is 0 Å². The number of aliphatic carboxylic acids is 1. The Morgan fingerprint density at radius 3 is 2.17 bits per heavy atom. The second-order valence-corrected chi connectivity index (χ2v) is 11.5. The number of hydrogen-bond donors (Lipinski definition) is 3. The normalized spacial score (nSPS) is 18.9. The first-order chi connectivity index (χ1) is 19.8. The molecule has 3 aromatic rings. The summed E-state index contributed by atoms with van der Waals surface area (Å²) in [4.78, 5) is 41.0. The minimum Gasteiger partial charge on any atom is -0.480 e. The largest absolute Gasteiger partial charge is 0.480 e. The quantitative estimate of drug-likeness (QED) is 0.332. The molecule has 41 heavy (non-hydrogen) atoms. The zero-order valence-corrected chi connectivity index (χ0v) is 23.5. The number of nitrogens with zero attached hydrogens (tertiary/aromatic N) is 1. The standard InChI is InChI=1S/C33H37N3O5/c1-22(2)18-29(30(37)38)34-31(39)33(16-17-36(21-33)19-23-10-4-3-5-11-23)35-32(40)41-20-28-26-14-8-6-12-24(26)25-13-7-9-15-27(25)28/h3-15,22,28-29H,16-21H2,1-2H3,(H,34,39)(H,35,40)(H,37,38)/t29-,33?/m1/s1. The lowest BCUT2D eigenvalue weighted by Gasteiger charge is -2.31. The number of hydrogen-bond acceptors (Lipinski definition) is 5. The second kappa shape index (κ2) is 12.1. The molecule has 2 atom stereocenters. The van der Waals surface area contributed by atoms with Crippen molar-refractivity contribution in [2.75, 3.05) is 19.7 Å². The molecule has 0 saturated carbocycles. The van der Waals surface area contributed by atoms with E-state index in [-0.39, 0.29) is 31.4 Å². The lowest BCUT2D eigenvalue weighted by Crippen LogP contribution is -2.62. The topological polar surface area (TPSA) is 108 Å². The molecule has 0 bridgehead atoms. The van der Waals surface area contributed by atoms with Crippen molar-refractivity contribution in [1.29, 1.82) is 0 Å². The van der Waals surface area contributed by atoms with Gasteiger partial charge in [0.2, 0.25) is 5.91 Å². The van der Waals surface area contributed by atoms with E-state index in [9.17, 15) is 19.5 Å². The average Bonchev–Trinajstić information content (AvgIpc) is 3.51. The Bertz CT molecular complexity index is 1360. The zero-order valence-electron chi connectivity index (χ0n) is 23.5. The number of nitrogens with one attached hydrogen (secondary N) is 2. The van der Waals surface area contributed by atoms with Crippen LogP contribution in [0, 0.1) is 5.92 Å². The Kier molecular flexibility index (Phi) is 8.40. The van der Waals surface area contributed by atoms with Crippen molar-refractivity contribution >= 4 is 18.0 Å². The highest BCUT2D eigenvalue weighted by Gasteiger charge is 2.47. The molecule has 0 spiro atoms. The Hall–Kier alpha value is -4.17. The molecule has 214 valence electrons. The molecule has 3 aromatic carbocycles. The Labute approximate surface area is 240 Å². The molecule has 1 aliphatic heterocycles. The van der Waals surface area contributed by atoms with E-state index in [1.54, 1.807) is 0 Å². The maximum atomic E-state index is 13.7. The molecule has 8 heteroatoms. The van der Waals surface area contributed by atoms with Gasteiger partial charge in [-0.05, 0) is 46.6 Å².